The van der Waals surface area contributed by atoms with E-state index in [-0.39, 0.29) is 5.91 Å². The van der Waals surface area contributed by atoms with Crippen LogP contribution < -0.4 is 15.8 Å². The summed E-state index contributed by atoms with van der Waals surface area (Å²) >= 11 is 2.94. The van der Waals surface area contributed by atoms with E-state index >= 15 is 0 Å². The zero-order chi connectivity index (χ0) is 17.9. The van der Waals surface area contributed by atoms with E-state index in [1.54, 1.807) is 5.38 Å². The van der Waals surface area contributed by atoms with E-state index in [1.165, 1.54) is 46.0 Å². The number of thiophene rings is 1. The highest BCUT2D eigenvalue weighted by atomic mass is 32.1. The molecule has 2 N–H and O–H groups in total. The summed E-state index contributed by atoms with van der Waals surface area (Å²) in [6.07, 6.45) is 4.44. The van der Waals surface area contributed by atoms with Crippen LogP contribution in [0.15, 0.2) is 11.4 Å². The van der Waals surface area contributed by atoms with Crippen molar-refractivity contribution in [1.29, 1.82) is 0 Å². The third-order valence-corrected chi connectivity index (χ3v) is 6.65. The molecule has 1 fully saturated rings. The molecule has 2 amide bonds. The molecule has 0 spiro atoms. The van der Waals surface area contributed by atoms with Crippen LogP contribution in [0.3, 0.4) is 0 Å². The zero-order valence-corrected chi connectivity index (χ0v) is 15.9. The van der Waals surface area contributed by atoms with Crippen molar-refractivity contribution in [2.24, 2.45) is 0 Å². The molecule has 9 heteroatoms. The van der Waals surface area contributed by atoms with Crippen molar-refractivity contribution < 1.29 is 14.3 Å². The van der Waals surface area contributed by atoms with Gasteiger partial charge in [-0.2, -0.15) is 0 Å². The largest absolute Gasteiger partial charge is 0.378 e. The molecular weight excluding hydrogens is 372 g/mol. The summed E-state index contributed by atoms with van der Waals surface area (Å²) in [4.78, 5) is 32.9. The number of hydrogen-bond donors (Lipinski definition) is 2. The van der Waals surface area contributed by atoms with Crippen molar-refractivity contribution in [3.05, 3.63) is 32.5 Å². The molecule has 4 rings (SSSR count). The first kappa shape index (κ1) is 17.4. The van der Waals surface area contributed by atoms with Gasteiger partial charge in [0, 0.05) is 23.3 Å². The van der Waals surface area contributed by atoms with Crippen LogP contribution >= 0.6 is 22.7 Å². The van der Waals surface area contributed by atoms with Crippen molar-refractivity contribution in [3.8, 4) is 0 Å². The van der Waals surface area contributed by atoms with Crippen molar-refractivity contribution in [1.82, 2.24) is 15.8 Å². The van der Waals surface area contributed by atoms with E-state index < -0.39 is 5.91 Å². The molecule has 0 radical (unpaired) electrons. The Kier molecular flexibility index (Phi) is 5.18. The predicted molar refractivity (Wildman–Crippen MR) is 101 cm³/mol. The molecule has 0 aromatic carbocycles. The molecule has 26 heavy (non-hydrogen) atoms. The molecule has 0 unspecified atom stereocenters. The maximum atomic E-state index is 12.3. The number of ether oxygens (including phenoxy) is 1. The lowest BCUT2D eigenvalue weighted by atomic mass is 9.99. The Morgan fingerprint density at radius 1 is 1.12 bits per heavy atom. The van der Waals surface area contributed by atoms with E-state index in [0.717, 1.165) is 31.1 Å². The fourth-order valence-electron chi connectivity index (χ4n) is 3.11. The molecule has 1 aliphatic heterocycles. The van der Waals surface area contributed by atoms with Crippen molar-refractivity contribution >= 4 is 39.6 Å². The summed E-state index contributed by atoms with van der Waals surface area (Å²) in [5.74, 6) is -0.684. The summed E-state index contributed by atoms with van der Waals surface area (Å²) in [6.45, 7) is 2.88. The number of aryl methyl sites for hydroxylation is 2. The second-order valence-electron chi connectivity index (χ2n) is 6.29. The number of aromatic nitrogens is 1. The van der Waals surface area contributed by atoms with Gasteiger partial charge in [0.1, 0.15) is 5.69 Å². The van der Waals surface area contributed by atoms with Gasteiger partial charge in [0.05, 0.1) is 18.1 Å². The molecule has 1 saturated heterocycles. The smallest absolute Gasteiger partial charge is 0.289 e. The van der Waals surface area contributed by atoms with Gasteiger partial charge in [-0.3, -0.25) is 20.4 Å². The van der Waals surface area contributed by atoms with Crippen molar-refractivity contribution in [2.45, 2.75) is 25.7 Å². The maximum absolute atomic E-state index is 12.3. The topological polar surface area (TPSA) is 83.6 Å². The Labute approximate surface area is 159 Å². The number of morpholine rings is 1. The summed E-state index contributed by atoms with van der Waals surface area (Å²) in [5, 5.41) is 2.51. The number of rotatable bonds is 3. The Balaban J connectivity index is 1.34. The van der Waals surface area contributed by atoms with Crippen LogP contribution in [-0.4, -0.2) is 43.1 Å². The van der Waals surface area contributed by atoms with Gasteiger partial charge in [-0.25, -0.2) is 4.98 Å². The second kappa shape index (κ2) is 7.73. The number of anilines is 1. The molecule has 138 valence electrons. The molecule has 2 aromatic heterocycles. The van der Waals surface area contributed by atoms with Gasteiger partial charge in [-0.05, 0) is 37.3 Å². The Hall–Kier alpha value is -1.97. The monoisotopic (exact) mass is 392 g/mol. The third kappa shape index (κ3) is 3.74. The highest BCUT2D eigenvalue weighted by molar-refractivity contribution is 7.14. The summed E-state index contributed by atoms with van der Waals surface area (Å²) in [7, 11) is 0. The van der Waals surface area contributed by atoms with Crippen LogP contribution in [0.1, 0.15) is 43.4 Å². The average Bonchev–Trinajstić information content (AvgIpc) is 3.33. The molecule has 0 atom stereocenters. The van der Waals surface area contributed by atoms with Gasteiger partial charge in [-0.1, -0.05) is 0 Å². The fraction of sp³-hybridized carbons (Fsp3) is 0.471. The molecule has 2 aromatic rings. The van der Waals surface area contributed by atoms with Crippen LogP contribution in [0.5, 0.6) is 0 Å². The van der Waals surface area contributed by atoms with Crippen LogP contribution in [0.25, 0.3) is 0 Å². The van der Waals surface area contributed by atoms with E-state index in [2.05, 4.69) is 20.7 Å². The van der Waals surface area contributed by atoms with Crippen LogP contribution in [-0.2, 0) is 17.6 Å². The summed E-state index contributed by atoms with van der Waals surface area (Å²) in [5.41, 5.74) is 6.54. The minimum atomic E-state index is -0.407. The first-order valence-corrected chi connectivity index (χ1v) is 10.4. The molecule has 2 aliphatic rings. The Bertz CT molecular complexity index is 787. The predicted octanol–water partition coefficient (Wildman–Crippen LogP) is 1.99. The average molecular weight is 393 g/mol. The van der Waals surface area contributed by atoms with Crippen molar-refractivity contribution in [2.75, 3.05) is 31.2 Å². The quantitative estimate of drug-likeness (QED) is 0.781. The fourth-order valence-corrected chi connectivity index (χ4v) is 5.12. The normalized spacial score (nSPS) is 16.8. The lowest BCUT2D eigenvalue weighted by Gasteiger charge is -2.25. The first-order valence-electron chi connectivity index (χ1n) is 8.71. The Morgan fingerprint density at radius 2 is 1.88 bits per heavy atom. The number of fused-ring (bicyclic) bond motifs is 1. The SMILES string of the molecule is O=C(NNC(=O)c1cc2c(s1)CCCC2)c1csc(N2CCOCC2)n1. The van der Waals surface area contributed by atoms with Crippen LogP contribution in [0.2, 0.25) is 0 Å². The van der Waals surface area contributed by atoms with Crippen molar-refractivity contribution in [3.63, 3.8) is 0 Å². The van der Waals surface area contributed by atoms with Gasteiger partial charge in [0.2, 0.25) is 0 Å². The lowest BCUT2D eigenvalue weighted by molar-refractivity contribution is 0.0846. The number of hydrazine groups is 1. The van der Waals surface area contributed by atoms with Gasteiger partial charge in [-0.15, -0.1) is 22.7 Å². The number of thiazole rings is 1. The molecular formula is C17H20N4O3S2. The summed E-state index contributed by atoms with van der Waals surface area (Å²) in [6, 6.07) is 1.94. The standard InChI is InChI=1S/C17H20N4O3S2/c22-15(12-10-25-17(18-12)21-5-7-24-8-6-21)19-20-16(23)14-9-11-3-1-2-4-13(11)26-14/h9-10H,1-8H2,(H,19,22)(H,20,23). The Morgan fingerprint density at radius 3 is 2.69 bits per heavy atom. The highest BCUT2D eigenvalue weighted by Crippen LogP contribution is 2.29. The maximum Gasteiger partial charge on any atom is 0.289 e. The van der Waals surface area contributed by atoms with E-state index in [0.29, 0.717) is 23.8 Å². The number of carbonyl (C=O) groups is 2. The molecule has 1 aliphatic carbocycles. The molecule has 0 saturated carbocycles. The number of hydrogen-bond acceptors (Lipinski definition) is 7. The number of amides is 2. The summed E-state index contributed by atoms with van der Waals surface area (Å²) < 4.78 is 5.32. The van der Waals surface area contributed by atoms with Crippen LogP contribution in [0, 0.1) is 0 Å². The van der Waals surface area contributed by atoms with E-state index in [1.807, 2.05) is 6.07 Å². The van der Waals surface area contributed by atoms with Gasteiger partial charge in [0.15, 0.2) is 5.13 Å². The van der Waals surface area contributed by atoms with Gasteiger partial charge >= 0.3 is 0 Å². The lowest BCUT2D eigenvalue weighted by Crippen LogP contribution is -2.41. The molecule has 7 nitrogen and oxygen atoms in total. The highest BCUT2D eigenvalue weighted by Gasteiger charge is 2.20. The first-order chi connectivity index (χ1) is 12.7. The van der Waals surface area contributed by atoms with Crippen LogP contribution in [0.4, 0.5) is 5.13 Å². The zero-order valence-electron chi connectivity index (χ0n) is 14.2. The number of nitrogens with zero attached hydrogens (tertiary/aromatic N) is 2. The molecule has 0 bridgehead atoms. The van der Waals surface area contributed by atoms with E-state index in [4.69, 9.17) is 4.74 Å². The van der Waals surface area contributed by atoms with E-state index in [9.17, 15) is 9.59 Å². The second-order valence-corrected chi connectivity index (χ2v) is 8.26. The number of nitrogens with one attached hydrogen (secondary N) is 2. The number of carbonyl (C=O) groups excluding carboxylic acids is 2. The minimum absolute atomic E-state index is 0.276. The van der Waals surface area contributed by atoms with Gasteiger partial charge in [0.25, 0.3) is 11.8 Å². The molecule has 3 heterocycles. The minimum Gasteiger partial charge on any atom is -0.378 e. The van der Waals surface area contributed by atoms with Gasteiger partial charge < -0.3 is 9.64 Å². The third-order valence-electron chi connectivity index (χ3n) is 4.52.